The zero-order valence-electron chi connectivity index (χ0n) is 11.0. The van der Waals surface area contributed by atoms with E-state index in [2.05, 4.69) is 6.92 Å². The van der Waals surface area contributed by atoms with Crippen LogP contribution in [-0.4, -0.2) is 47.2 Å². The molecule has 5 atom stereocenters. The van der Waals surface area contributed by atoms with Gasteiger partial charge in [0.25, 0.3) is 0 Å². The Kier molecular flexibility index (Phi) is 3.09. The van der Waals surface area contributed by atoms with Crippen molar-refractivity contribution in [1.29, 1.82) is 0 Å². The molecule has 2 fully saturated rings. The van der Waals surface area contributed by atoms with Crippen LogP contribution in [0.1, 0.15) is 19.8 Å². The molecule has 0 radical (unpaired) electrons. The van der Waals surface area contributed by atoms with Crippen molar-refractivity contribution in [1.82, 2.24) is 4.90 Å². The molecular formula is C14H19NO4. The number of likely N-dealkylation sites (tertiary alicyclic amines) is 1. The third-order valence-corrected chi connectivity index (χ3v) is 4.44. The van der Waals surface area contributed by atoms with Gasteiger partial charge in [0, 0.05) is 13.1 Å². The smallest absolute Gasteiger partial charge is 0.310 e. The zero-order chi connectivity index (χ0) is 13.6. The molecule has 1 amide bonds. The van der Waals surface area contributed by atoms with Crippen LogP contribution in [0.15, 0.2) is 12.2 Å². The molecule has 1 N–H and O–H groups in total. The monoisotopic (exact) mass is 265 g/mol. The maximum Gasteiger partial charge on any atom is 0.310 e. The summed E-state index contributed by atoms with van der Waals surface area (Å²) >= 11 is 0. The van der Waals surface area contributed by atoms with Crippen LogP contribution < -0.4 is 0 Å². The SMILES string of the molecule is C[C@H]1CCCN(C(=O)[C@@H]2[C@@H](C(=O)O)[C@@H]3C=C[C@@H]2O3)C1. The Hall–Kier alpha value is -1.36. The molecule has 3 aliphatic heterocycles. The highest BCUT2D eigenvalue weighted by molar-refractivity contribution is 5.87. The van der Waals surface area contributed by atoms with Gasteiger partial charge in [-0.2, -0.15) is 0 Å². The maximum atomic E-state index is 12.6. The maximum absolute atomic E-state index is 12.6. The summed E-state index contributed by atoms with van der Waals surface area (Å²) in [6.45, 7) is 3.61. The van der Waals surface area contributed by atoms with E-state index in [1.54, 1.807) is 6.08 Å². The van der Waals surface area contributed by atoms with Gasteiger partial charge in [-0.1, -0.05) is 19.1 Å². The summed E-state index contributed by atoms with van der Waals surface area (Å²) in [6, 6.07) is 0. The Balaban J connectivity index is 1.78. The van der Waals surface area contributed by atoms with Crippen molar-refractivity contribution in [2.45, 2.75) is 32.0 Å². The van der Waals surface area contributed by atoms with Gasteiger partial charge in [-0.25, -0.2) is 0 Å². The highest BCUT2D eigenvalue weighted by atomic mass is 16.5. The Bertz CT molecular complexity index is 433. The average molecular weight is 265 g/mol. The number of aliphatic carboxylic acids is 1. The normalized spacial score (nSPS) is 40.7. The summed E-state index contributed by atoms with van der Waals surface area (Å²) in [5, 5.41) is 9.32. The number of carbonyl (C=O) groups excluding carboxylic acids is 1. The van der Waals surface area contributed by atoms with Crippen molar-refractivity contribution in [3.05, 3.63) is 12.2 Å². The summed E-state index contributed by atoms with van der Waals surface area (Å²) < 4.78 is 5.56. The number of hydrogen-bond acceptors (Lipinski definition) is 3. The molecule has 0 aromatic rings. The number of fused-ring (bicyclic) bond motifs is 2. The third-order valence-electron chi connectivity index (χ3n) is 4.44. The van der Waals surface area contributed by atoms with E-state index in [-0.39, 0.29) is 12.0 Å². The number of nitrogens with zero attached hydrogens (tertiary/aromatic N) is 1. The number of amides is 1. The minimum absolute atomic E-state index is 0.0456. The van der Waals surface area contributed by atoms with Gasteiger partial charge in [0.15, 0.2) is 0 Å². The molecule has 3 heterocycles. The average Bonchev–Trinajstić information content (AvgIpc) is 2.97. The number of carboxylic acids is 1. The third kappa shape index (κ3) is 2.06. The van der Waals surface area contributed by atoms with Crippen molar-refractivity contribution in [3.8, 4) is 0 Å². The van der Waals surface area contributed by atoms with Crippen molar-refractivity contribution in [2.24, 2.45) is 17.8 Å². The highest BCUT2D eigenvalue weighted by Gasteiger charge is 2.54. The number of ether oxygens (including phenoxy) is 1. The van der Waals surface area contributed by atoms with Gasteiger partial charge >= 0.3 is 5.97 Å². The van der Waals surface area contributed by atoms with Crippen LogP contribution in [0.3, 0.4) is 0 Å². The standard InChI is InChI=1S/C14H19NO4/c1-8-3-2-6-15(7-8)13(16)11-9-4-5-10(19-9)12(11)14(17)18/h4-5,8-12H,2-3,6-7H2,1H3,(H,17,18)/t8-,9-,10-,11-,12-/m0/s1. The quantitative estimate of drug-likeness (QED) is 0.753. The molecule has 0 saturated carbocycles. The molecular weight excluding hydrogens is 246 g/mol. The predicted molar refractivity (Wildman–Crippen MR) is 67.4 cm³/mol. The molecule has 0 spiro atoms. The van der Waals surface area contributed by atoms with E-state index in [1.807, 2.05) is 11.0 Å². The molecule has 0 aromatic heterocycles. The lowest BCUT2D eigenvalue weighted by atomic mass is 9.81. The Labute approximate surface area is 112 Å². The van der Waals surface area contributed by atoms with E-state index in [4.69, 9.17) is 4.74 Å². The molecule has 3 rings (SSSR count). The molecule has 5 nitrogen and oxygen atoms in total. The van der Waals surface area contributed by atoms with E-state index < -0.39 is 23.9 Å². The van der Waals surface area contributed by atoms with Crippen molar-refractivity contribution < 1.29 is 19.4 Å². The van der Waals surface area contributed by atoms with Gasteiger partial charge in [0.1, 0.15) is 5.92 Å². The summed E-state index contributed by atoms with van der Waals surface area (Å²) in [4.78, 5) is 25.8. The largest absolute Gasteiger partial charge is 0.481 e. The van der Waals surface area contributed by atoms with Crippen LogP contribution >= 0.6 is 0 Å². The van der Waals surface area contributed by atoms with E-state index in [9.17, 15) is 14.7 Å². The van der Waals surface area contributed by atoms with Gasteiger partial charge in [-0.05, 0) is 18.8 Å². The number of hydrogen-bond donors (Lipinski definition) is 1. The van der Waals surface area contributed by atoms with Gasteiger partial charge < -0.3 is 14.7 Å². The van der Waals surface area contributed by atoms with Crippen molar-refractivity contribution in [3.63, 3.8) is 0 Å². The van der Waals surface area contributed by atoms with E-state index >= 15 is 0 Å². The summed E-state index contributed by atoms with van der Waals surface area (Å²) in [7, 11) is 0. The molecule has 0 aliphatic carbocycles. The van der Waals surface area contributed by atoms with Crippen LogP contribution in [0.4, 0.5) is 0 Å². The topological polar surface area (TPSA) is 66.8 Å². The van der Waals surface area contributed by atoms with Gasteiger partial charge in [-0.3, -0.25) is 9.59 Å². The fourth-order valence-corrected chi connectivity index (χ4v) is 3.50. The first-order valence-corrected chi connectivity index (χ1v) is 6.93. The fraction of sp³-hybridized carbons (Fsp3) is 0.714. The highest BCUT2D eigenvalue weighted by Crippen LogP contribution is 2.40. The van der Waals surface area contributed by atoms with Crippen LogP contribution in [0, 0.1) is 17.8 Å². The molecule has 19 heavy (non-hydrogen) atoms. The van der Waals surface area contributed by atoms with Crippen LogP contribution in [-0.2, 0) is 14.3 Å². The number of piperidine rings is 1. The molecule has 3 aliphatic rings. The minimum Gasteiger partial charge on any atom is -0.481 e. The summed E-state index contributed by atoms with van der Waals surface area (Å²) in [5.74, 6) is -1.75. The van der Waals surface area contributed by atoms with E-state index in [1.165, 1.54) is 0 Å². The fourth-order valence-electron chi connectivity index (χ4n) is 3.50. The second kappa shape index (κ2) is 4.63. The lowest BCUT2D eigenvalue weighted by molar-refractivity contribution is -0.150. The molecule has 0 unspecified atom stereocenters. The van der Waals surface area contributed by atoms with Crippen LogP contribution in [0.2, 0.25) is 0 Å². The predicted octanol–water partition coefficient (Wildman–Crippen LogP) is 0.899. The van der Waals surface area contributed by atoms with E-state index in [0.717, 1.165) is 25.9 Å². The molecule has 2 bridgehead atoms. The molecule has 5 heteroatoms. The Morgan fingerprint density at radius 1 is 1.26 bits per heavy atom. The Morgan fingerprint density at radius 3 is 2.58 bits per heavy atom. The van der Waals surface area contributed by atoms with Gasteiger partial charge in [0.2, 0.25) is 5.91 Å². The number of carbonyl (C=O) groups is 2. The summed E-state index contributed by atoms with van der Waals surface area (Å²) in [6.07, 6.45) is 4.96. The lowest BCUT2D eigenvalue weighted by Gasteiger charge is -2.34. The first-order chi connectivity index (χ1) is 9.08. The zero-order valence-corrected chi connectivity index (χ0v) is 11.0. The van der Waals surface area contributed by atoms with Crippen molar-refractivity contribution >= 4 is 11.9 Å². The number of rotatable bonds is 2. The van der Waals surface area contributed by atoms with Gasteiger partial charge in [0.05, 0.1) is 18.1 Å². The number of carboxylic acid groups (broad SMARTS) is 1. The lowest BCUT2D eigenvalue weighted by Crippen LogP contribution is -2.48. The summed E-state index contributed by atoms with van der Waals surface area (Å²) in [5.41, 5.74) is 0. The van der Waals surface area contributed by atoms with Crippen LogP contribution in [0.5, 0.6) is 0 Å². The Morgan fingerprint density at radius 2 is 1.95 bits per heavy atom. The van der Waals surface area contributed by atoms with E-state index in [0.29, 0.717) is 5.92 Å². The van der Waals surface area contributed by atoms with Crippen LogP contribution in [0.25, 0.3) is 0 Å². The molecule has 2 saturated heterocycles. The minimum atomic E-state index is -0.930. The first kappa shape index (κ1) is 12.7. The molecule has 0 aromatic carbocycles. The first-order valence-electron chi connectivity index (χ1n) is 6.93. The second-order valence-corrected chi connectivity index (χ2v) is 5.87. The molecule has 104 valence electrons. The second-order valence-electron chi connectivity index (χ2n) is 5.87. The van der Waals surface area contributed by atoms with Crippen molar-refractivity contribution in [2.75, 3.05) is 13.1 Å². The van der Waals surface area contributed by atoms with Gasteiger partial charge in [-0.15, -0.1) is 0 Å².